The van der Waals surface area contributed by atoms with Gasteiger partial charge in [0.2, 0.25) is 5.91 Å². The molecular weight excluding hydrogens is 181 g/mol. The van der Waals surface area contributed by atoms with Crippen LogP contribution in [-0.2, 0) is 4.79 Å². The topological polar surface area (TPSA) is 29.1 Å². The summed E-state index contributed by atoms with van der Waals surface area (Å²) in [5.41, 5.74) is 1.24. The molecule has 0 aliphatic heterocycles. The summed E-state index contributed by atoms with van der Waals surface area (Å²) >= 11 is 0. The number of hydrogen-bond donors (Lipinski definition) is 1. The molecule has 3 heteroatoms. The Bertz CT molecular complexity index is 372. The van der Waals surface area contributed by atoms with Crippen LogP contribution in [0.15, 0.2) is 18.2 Å². The molecule has 74 valence electrons. The van der Waals surface area contributed by atoms with Crippen molar-refractivity contribution in [3.63, 3.8) is 0 Å². The lowest BCUT2D eigenvalue weighted by molar-refractivity contribution is -0.117. The minimum absolute atomic E-state index is 0.0606. The molecule has 1 amide bonds. The third-order valence-electron chi connectivity index (χ3n) is 2.33. The molecule has 1 aromatic rings. The monoisotopic (exact) mass is 193 g/mol. The molecule has 0 atom stereocenters. The average molecular weight is 193 g/mol. The maximum absolute atomic E-state index is 13.2. The van der Waals surface area contributed by atoms with Gasteiger partial charge < -0.3 is 5.32 Å². The maximum Gasteiger partial charge on any atom is 0.227 e. The fraction of sp³-hybridized carbons (Fsp3) is 0.364. The number of rotatable bonds is 2. The first kappa shape index (κ1) is 9.19. The number of carbonyl (C=O) groups is 1. The van der Waals surface area contributed by atoms with Gasteiger partial charge in [0.1, 0.15) is 5.82 Å². The number of hydrogen-bond acceptors (Lipinski definition) is 1. The summed E-state index contributed by atoms with van der Waals surface area (Å²) in [7, 11) is 0. The number of aryl methyl sites for hydroxylation is 1. The summed E-state index contributed by atoms with van der Waals surface area (Å²) in [6.45, 7) is 1.87. The molecule has 1 aromatic carbocycles. The summed E-state index contributed by atoms with van der Waals surface area (Å²) in [4.78, 5) is 11.4. The summed E-state index contributed by atoms with van der Waals surface area (Å²) in [6, 6.07) is 4.70. The third kappa shape index (κ3) is 1.92. The predicted octanol–water partition coefficient (Wildman–Crippen LogP) is 2.48. The van der Waals surface area contributed by atoms with Gasteiger partial charge in [0.05, 0.1) is 5.69 Å². The van der Waals surface area contributed by atoms with Gasteiger partial charge in [-0.1, -0.05) is 6.07 Å². The summed E-state index contributed by atoms with van der Waals surface area (Å²) < 4.78 is 13.2. The van der Waals surface area contributed by atoms with Gasteiger partial charge in [0.25, 0.3) is 0 Å². The molecule has 14 heavy (non-hydrogen) atoms. The SMILES string of the molecule is Cc1ccc(F)c(NC(=O)C2CC2)c1. The van der Waals surface area contributed by atoms with E-state index in [0.29, 0.717) is 5.69 Å². The van der Waals surface area contributed by atoms with Crippen LogP contribution in [0.25, 0.3) is 0 Å². The second-order valence-corrected chi connectivity index (χ2v) is 3.75. The first-order valence-electron chi connectivity index (χ1n) is 4.74. The molecule has 1 fully saturated rings. The largest absolute Gasteiger partial charge is 0.323 e. The number of halogens is 1. The van der Waals surface area contributed by atoms with Gasteiger partial charge in [-0.15, -0.1) is 0 Å². The highest BCUT2D eigenvalue weighted by Crippen LogP contribution is 2.30. The van der Waals surface area contributed by atoms with E-state index in [2.05, 4.69) is 5.32 Å². The lowest BCUT2D eigenvalue weighted by atomic mass is 10.2. The Balaban J connectivity index is 2.14. The van der Waals surface area contributed by atoms with Gasteiger partial charge in [-0.25, -0.2) is 4.39 Å². The second-order valence-electron chi connectivity index (χ2n) is 3.75. The van der Waals surface area contributed by atoms with E-state index in [1.165, 1.54) is 6.07 Å². The number of anilines is 1. The Hall–Kier alpha value is -1.38. The van der Waals surface area contributed by atoms with Crippen LogP contribution < -0.4 is 5.32 Å². The van der Waals surface area contributed by atoms with Gasteiger partial charge in [0.15, 0.2) is 0 Å². The zero-order chi connectivity index (χ0) is 10.1. The molecule has 0 heterocycles. The van der Waals surface area contributed by atoms with Crippen molar-refractivity contribution in [2.24, 2.45) is 5.92 Å². The molecule has 2 rings (SSSR count). The zero-order valence-electron chi connectivity index (χ0n) is 8.01. The van der Waals surface area contributed by atoms with Gasteiger partial charge in [0, 0.05) is 5.92 Å². The first-order chi connectivity index (χ1) is 6.66. The predicted molar refractivity (Wildman–Crippen MR) is 52.5 cm³/mol. The van der Waals surface area contributed by atoms with E-state index in [-0.39, 0.29) is 17.6 Å². The normalized spacial score (nSPS) is 15.3. The smallest absolute Gasteiger partial charge is 0.227 e. The minimum atomic E-state index is -0.371. The first-order valence-corrected chi connectivity index (χ1v) is 4.74. The van der Waals surface area contributed by atoms with Crippen molar-refractivity contribution >= 4 is 11.6 Å². The number of carbonyl (C=O) groups excluding carboxylic acids is 1. The number of benzene rings is 1. The van der Waals surface area contributed by atoms with Crippen molar-refractivity contribution in [2.75, 3.05) is 5.32 Å². The highest BCUT2D eigenvalue weighted by atomic mass is 19.1. The van der Waals surface area contributed by atoms with Crippen LogP contribution >= 0.6 is 0 Å². The van der Waals surface area contributed by atoms with E-state index in [9.17, 15) is 9.18 Å². The summed E-state index contributed by atoms with van der Waals surface area (Å²) in [5.74, 6) is -0.325. The molecule has 0 aromatic heterocycles. The van der Waals surface area contributed by atoms with E-state index in [1.807, 2.05) is 6.92 Å². The standard InChI is InChI=1S/C11H12FNO/c1-7-2-5-9(12)10(6-7)13-11(14)8-3-4-8/h2,5-6,8H,3-4H2,1H3,(H,13,14). The van der Waals surface area contributed by atoms with E-state index in [4.69, 9.17) is 0 Å². The van der Waals surface area contributed by atoms with Gasteiger partial charge in [-0.2, -0.15) is 0 Å². The number of nitrogens with one attached hydrogen (secondary N) is 1. The van der Waals surface area contributed by atoms with Crippen molar-refractivity contribution in [1.82, 2.24) is 0 Å². The lowest BCUT2D eigenvalue weighted by Crippen LogP contribution is -2.14. The fourth-order valence-electron chi connectivity index (χ4n) is 1.32. The lowest BCUT2D eigenvalue weighted by Gasteiger charge is -2.06. The maximum atomic E-state index is 13.2. The van der Waals surface area contributed by atoms with Gasteiger partial charge in [-0.3, -0.25) is 4.79 Å². The Morgan fingerprint density at radius 1 is 1.50 bits per heavy atom. The van der Waals surface area contributed by atoms with Crippen molar-refractivity contribution in [1.29, 1.82) is 0 Å². The highest BCUT2D eigenvalue weighted by molar-refractivity contribution is 5.94. The van der Waals surface area contributed by atoms with Crippen molar-refractivity contribution in [3.05, 3.63) is 29.6 Å². The van der Waals surface area contributed by atoms with Crippen LogP contribution in [0.4, 0.5) is 10.1 Å². The molecule has 1 saturated carbocycles. The van der Waals surface area contributed by atoms with E-state index in [1.54, 1.807) is 12.1 Å². The zero-order valence-corrected chi connectivity index (χ0v) is 8.01. The molecule has 1 N–H and O–H groups in total. The quantitative estimate of drug-likeness (QED) is 0.768. The summed E-state index contributed by atoms with van der Waals surface area (Å²) in [5, 5.41) is 2.60. The van der Waals surface area contributed by atoms with E-state index >= 15 is 0 Å². The van der Waals surface area contributed by atoms with E-state index in [0.717, 1.165) is 18.4 Å². The third-order valence-corrected chi connectivity index (χ3v) is 2.33. The molecular formula is C11H12FNO. The second kappa shape index (κ2) is 3.40. The highest BCUT2D eigenvalue weighted by Gasteiger charge is 2.29. The van der Waals surface area contributed by atoms with Gasteiger partial charge in [-0.05, 0) is 37.5 Å². The number of amides is 1. The van der Waals surface area contributed by atoms with Crippen LogP contribution in [0.2, 0.25) is 0 Å². The molecule has 0 bridgehead atoms. The Morgan fingerprint density at radius 3 is 2.86 bits per heavy atom. The molecule has 0 radical (unpaired) electrons. The molecule has 1 aliphatic rings. The average Bonchev–Trinajstić information content (AvgIpc) is 2.94. The Labute approximate surface area is 82.1 Å². The molecule has 0 unspecified atom stereocenters. The molecule has 0 spiro atoms. The van der Waals surface area contributed by atoms with Gasteiger partial charge >= 0.3 is 0 Å². The van der Waals surface area contributed by atoms with Crippen molar-refractivity contribution < 1.29 is 9.18 Å². The van der Waals surface area contributed by atoms with Crippen LogP contribution in [0.5, 0.6) is 0 Å². The Morgan fingerprint density at radius 2 is 2.21 bits per heavy atom. The van der Waals surface area contributed by atoms with Crippen molar-refractivity contribution in [2.45, 2.75) is 19.8 Å². The fourth-order valence-corrected chi connectivity index (χ4v) is 1.32. The van der Waals surface area contributed by atoms with E-state index < -0.39 is 0 Å². The molecule has 2 nitrogen and oxygen atoms in total. The van der Waals surface area contributed by atoms with Crippen LogP contribution in [-0.4, -0.2) is 5.91 Å². The Kier molecular flexibility index (Phi) is 2.23. The van der Waals surface area contributed by atoms with Crippen LogP contribution in [0.3, 0.4) is 0 Å². The summed E-state index contributed by atoms with van der Waals surface area (Å²) in [6.07, 6.45) is 1.86. The van der Waals surface area contributed by atoms with Crippen LogP contribution in [0.1, 0.15) is 18.4 Å². The van der Waals surface area contributed by atoms with Crippen LogP contribution in [0, 0.1) is 18.7 Å². The molecule has 0 saturated heterocycles. The van der Waals surface area contributed by atoms with Crippen molar-refractivity contribution in [3.8, 4) is 0 Å². The molecule has 1 aliphatic carbocycles. The minimum Gasteiger partial charge on any atom is -0.323 e.